The Kier molecular flexibility index (Phi) is 5.33. The lowest BCUT2D eigenvalue weighted by molar-refractivity contribution is 0.0954. The lowest BCUT2D eigenvalue weighted by Crippen LogP contribution is -2.26. The van der Waals surface area contributed by atoms with Crippen molar-refractivity contribution in [3.63, 3.8) is 0 Å². The highest BCUT2D eigenvalue weighted by Crippen LogP contribution is 2.12. The summed E-state index contributed by atoms with van der Waals surface area (Å²) in [6.07, 6.45) is 4.37. The van der Waals surface area contributed by atoms with Crippen LogP contribution >= 0.6 is 11.6 Å². The molecule has 2 aromatic heterocycles. The van der Waals surface area contributed by atoms with Gasteiger partial charge in [-0.05, 0) is 24.6 Å². The fourth-order valence-electron chi connectivity index (χ4n) is 2.07. The number of nitrogens with one attached hydrogen (secondary N) is 1. The fraction of sp³-hybridized carbons (Fsp3) is 0.400. The summed E-state index contributed by atoms with van der Waals surface area (Å²) in [6, 6.07) is 5.33. The molecule has 0 aliphatic heterocycles. The van der Waals surface area contributed by atoms with Crippen molar-refractivity contribution in [3.05, 3.63) is 46.5 Å². The van der Waals surface area contributed by atoms with Gasteiger partial charge in [0, 0.05) is 37.5 Å². The van der Waals surface area contributed by atoms with Crippen molar-refractivity contribution >= 4 is 17.5 Å². The van der Waals surface area contributed by atoms with Crippen molar-refractivity contribution in [2.75, 3.05) is 6.54 Å². The smallest absolute Gasteiger partial charge is 0.251 e. The van der Waals surface area contributed by atoms with Crippen LogP contribution in [0.25, 0.3) is 0 Å². The van der Waals surface area contributed by atoms with E-state index in [1.165, 1.54) is 0 Å². The van der Waals surface area contributed by atoms with Crippen LogP contribution in [-0.2, 0) is 19.9 Å². The Hall–Kier alpha value is -1.88. The van der Waals surface area contributed by atoms with E-state index in [1.807, 2.05) is 19.3 Å². The van der Waals surface area contributed by atoms with Crippen LogP contribution < -0.4 is 5.32 Å². The van der Waals surface area contributed by atoms with Crippen molar-refractivity contribution < 1.29 is 4.79 Å². The zero-order valence-electron chi connectivity index (χ0n) is 12.3. The molecule has 0 saturated heterocycles. The molecule has 2 aromatic rings. The predicted molar refractivity (Wildman–Crippen MR) is 82.5 cm³/mol. The van der Waals surface area contributed by atoms with E-state index in [2.05, 4.69) is 22.3 Å². The molecule has 0 atom stereocenters. The molecule has 0 fully saturated rings. The number of halogens is 1. The lowest BCUT2D eigenvalue weighted by Gasteiger charge is -2.06. The summed E-state index contributed by atoms with van der Waals surface area (Å²) in [5.41, 5.74) is 2.36. The van der Waals surface area contributed by atoms with Crippen molar-refractivity contribution in [3.8, 4) is 0 Å². The molecule has 0 aliphatic carbocycles. The van der Waals surface area contributed by atoms with Crippen LogP contribution in [0.1, 0.15) is 35.1 Å². The molecule has 0 radical (unpaired) electrons. The van der Waals surface area contributed by atoms with Gasteiger partial charge in [0.25, 0.3) is 5.91 Å². The molecule has 0 bridgehead atoms. The number of nitrogens with zero attached hydrogens (tertiary/aromatic N) is 3. The minimum absolute atomic E-state index is 0.132. The van der Waals surface area contributed by atoms with Gasteiger partial charge in [-0.25, -0.2) is 4.98 Å². The summed E-state index contributed by atoms with van der Waals surface area (Å²) >= 11 is 5.96. The van der Waals surface area contributed by atoms with Crippen LogP contribution in [0, 0.1) is 0 Å². The molecule has 5 nitrogen and oxygen atoms in total. The maximum atomic E-state index is 12.1. The van der Waals surface area contributed by atoms with E-state index in [0.717, 1.165) is 24.2 Å². The number of rotatable bonds is 6. The molecular weight excluding hydrogens is 288 g/mol. The van der Waals surface area contributed by atoms with Crippen LogP contribution in [0.15, 0.2) is 24.4 Å². The normalized spacial score (nSPS) is 10.6. The van der Waals surface area contributed by atoms with Crippen LogP contribution in [-0.4, -0.2) is 27.2 Å². The van der Waals surface area contributed by atoms with Crippen molar-refractivity contribution in [2.24, 2.45) is 7.05 Å². The quantitative estimate of drug-likeness (QED) is 0.834. The van der Waals surface area contributed by atoms with Gasteiger partial charge in [-0.2, -0.15) is 5.10 Å². The van der Waals surface area contributed by atoms with Gasteiger partial charge < -0.3 is 5.32 Å². The standard InChI is InChI=1S/C15H19ClN4O/c1-3-4-13-9-11(10-14(16)18-13)15(21)17-7-5-12-6-8-20(2)19-12/h6,8-10H,3-5,7H2,1-2H3,(H,17,21). The first kappa shape index (κ1) is 15.5. The first-order chi connectivity index (χ1) is 10.1. The minimum atomic E-state index is -0.132. The van der Waals surface area contributed by atoms with Crippen LogP contribution in [0.5, 0.6) is 0 Å². The Morgan fingerprint density at radius 1 is 1.33 bits per heavy atom. The zero-order valence-corrected chi connectivity index (χ0v) is 13.0. The molecule has 0 unspecified atom stereocenters. The van der Waals surface area contributed by atoms with Crippen LogP contribution in [0.3, 0.4) is 0 Å². The van der Waals surface area contributed by atoms with Crippen LogP contribution in [0.2, 0.25) is 5.15 Å². The molecule has 0 spiro atoms. The summed E-state index contributed by atoms with van der Waals surface area (Å²) in [4.78, 5) is 16.3. The summed E-state index contributed by atoms with van der Waals surface area (Å²) in [5, 5.41) is 7.50. The van der Waals surface area contributed by atoms with Gasteiger partial charge in [0.1, 0.15) is 5.15 Å². The summed E-state index contributed by atoms with van der Waals surface area (Å²) < 4.78 is 1.75. The number of aryl methyl sites for hydroxylation is 2. The molecule has 0 aromatic carbocycles. The molecule has 21 heavy (non-hydrogen) atoms. The fourth-order valence-corrected chi connectivity index (χ4v) is 2.30. The second kappa shape index (κ2) is 7.22. The Labute approximate surface area is 129 Å². The maximum Gasteiger partial charge on any atom is 0.251 e. The number of pyridine rings is 1. The van der Waals surface area contributed by atoms with E-state index in [1.54, 1.807) is 16.8 Å². The number of aromatic nitrogens is 3. The third kappa shape index (κ3) is 4.56. The monoisotopic (exact) mass is 306 g/mol. The number of carbonyl (C=O) groups is 1. The van der Waals surface area contributed by atoms with E-state index >= 15 is 0 Å². The topological polar surface area (TPSA) is 59.8 Å². The third-order valence-electron chi connectivity index (χ3n) is 3.05. The molecule has 112 valence electrons. The highest BCUT2D eigenvalue weighted by Gasteiger charge is 2.09. The second-order valence-electron chi connectivity index (χ2n) is 4.91. The van der Waals surface area contributed by atoms with Gasteiger partial charge in [0.05, 0.1) is 5.69 Å². The zero-order chi connectivity index (χ0) is 15.2. The molecule has 6 heteroatoms. The van der Waals surface area contributed by atoms with Gasteiger partial charge in [-0.1, -0.05) is 24.9 Å². The largest absolute Gasteiger partial charge is 0.352 e. The molecular formula is C15H19ClN4O. The Bertz CT molecular complexity index is 624. The third-order valence-corrected chi connectivity index (χ3v) is 3.24. The molecule has 2 rings (SSSR count). The Morgan fingerprint density at radius 2 is 2.14 bits per heavy atom. The lowest BCUT2D eigenvalue weighted by atomic mass is 10.1. The molecule has 2 heterocycles. The maximum absolute atomic E-state index is 12.1. The molecule has 0 aliphatic rings. The summed E-state index contributed by atoms with van der Waals surface area (Å²) in [7, 11) is 1.87. The van der Waals surface area contributed by atoms with E-state index in [0.29, 0.717) is 23.7 Å². The van der Waals surface area contributed by atoms with Crippen molar-refractivity contribution in [1.82, 2.24) is 20.1 Å². The Morgan fingerprint density at radius 3 is 2.81 bits per heavy atom. The number of hydrogen-bond acceptors (Lipinski definition) is 3. The van der Waals surface area contributed by atoms with E-state index in [-0.39, 0.29) is 5.91 Å². The molecule has 1 N–H and O–H groups in total. The first-order valence-electron chi connectivity index (χ1n) is 7.01. The average Bonchev–Trinajstić information content (AvgIpc) is 2.84. The Balaban J connectivity index is 1.93. The minimum Gasteiger partial charge on any atom is -0.352 e. The highest BCUT2D eigenvalue weighted by molar-refractivity contribution is 6.29. The van der Waals surface area contributed by atoms with Crippen molar-refractivity contribution in [1.29, 1.82) is 0 Å². The molecule has 0 saturated carbocycles. The number of carbonyl (C=O) groups excluding carboxylic acids is 1. The van der Waals surface area contributed by atoms with Gasteiger partial charge in [0.15, 0.2) is 0 Å². The summed E-state index contributed by atoms with van der Waals surface area (Å²) in [5.74, 6) is -0.132. The van der Waals surface area contributed by atoms with E-state index < -0.39 is 0 Å². The second-order valence-corrected chi connectivity index (χ2v) is 5.29. The number of hydrogen-bond donors (Lipinski definition) is 1. The van der Waals surface area contributed by atoms with Crippen LogP contribution in [0.4, 0.5) is 0 Å². The number of amides is 1. The van der Waals surface area contributed by atoms with Gasteiger partial charge in [-0.15, -0.1) is 0 Å². The van der Waals surface area contributed by atoms with E-state index in [9.17, 15) is 4.79 Å². The SMILES string of the molecule is CCCc1cc(C(=O)NCCc2ccn(C)n2)cc(Cl)n1. The predicted octanol–water partition coefficient (Wildman–Crippen LogP) is 2.39. The van der Waals surface area contributed by atoms with Gasteiger partial charge >= 0.3 is 0 Å². The first-order valence-corrected chi connectivity index (χ1v) is 7.39. The summed E-state index contributed by atoms with van der Waals surface area (Å²) in [6.45, 7) is 2.61. The van der Waals surface area contributed by atoms with Crippen molar-refractivity contribution in [2.45, 2.75) is 26.2 Å². The van der Waals surface area contributed by atoms with E-state index in [4.69, 9.17) is 11.6 Å². The van der Waals surface area contributed by atoms with Gasteiger partial charge in [0.2, 0.25) is 0 Å². The van der Waals surface area contributed by atoms with Gasteiger partial charge in [-0.3, -0.25) is 9.48 Å². The highest BCUT2D eigenvalue weighted by atomic mass is 35.5. The molecule has 1 amide bonds. The average molecular weight is 307 g/mol.